The van der Waals surface area contributed by atoms with E-state index in [-0.39, 0.29) is 18.8 Å². The van der Waals surface area contributed by atoms with Crippen LogP contribution in [0.25, 0.3) is 0 Å². The van der Waals surface area contributed by atoms with Gasteiger partial charge in [-0.05, 0) is 25.0 Å². The van der Waals surface area contributed by atoms with Gasteiger partial charge in [0.2, 0.25) is 10.0 Å². The molecule has 5 nitrogen and oxygen atoms in total. The monoisotopic (exact) mass is 361 g/mol. The Morgan fingerprint density at radius 2 is 2.10 bits per heavy atom. The molecule has 0 spiro atoms. The lowest BCUT2D eigenvalue weighted by atomic mass is 9.90. The number of carboxylic acids is 1. The van der Waals surface area contributed by atoms with E-state index in [1.165, 1.54) is 4.31 Å². The average Bonchev–Trinajstić information content (AvgIpc) is 2.77. The van der Waals surface area contributed by atoms with E-state index in [9.17, 15) is 13.2 Å². The summed E-state index contributed by atoms with van der Waals surface area (Å²) in [5.74, 6) is -1.07. The molecule has 1 N–H and O–H groups in total. The number of hydrogen-bond acceptors (Lipinski definition) is 3. The lowest BCUT2D eigenvalue weighted by Gasteiger charge is -2.20. The molecule has 1 fully saturated rings. The van der Waals surface area contributed by atoms with Gasteiger partial charge in [0.05, 0.1) is 11.2 Å². The maximum Gasteiger partial charge on any atom is 0.310 e. The molecule has 1 heterocycles. The van der Waals surface area contributed by atoms with Crippen molar-refractivity contribution in [1.82, 2.24) is 4.31 Å². The molecule has 2 rings (SSSR count). The van der Waals surface area contributed by atoms with E-state index in [1.54, 1.807) is 25.1 Å². The lowest BCUT2D eigenvalue weighted by molar-refractivity contribution is -0.146. The Kier molecular flexibility index (Phi) is 4.22. The molecule has 0 bridgehead atoms. The summed E-state index contributed by atoms with van der Waals surface area (Å²) in [6.45, 7) is 1.88. The molecule has 0 saturated carbocycles. The Morgan fingerprint density at radius 1 is 1.45 bits per heavy atom. The topological polar surface area (TPSA) is 74.7 Å². The molecule has 110 valence electrons. The van der Waals surface area contributed by atoms with Gasteiger partial charge in [0, 0.05) is 17.6 Å². The molecule has 0 amide bonds. The third-order valence-electron chi connectivity index (χ3n) is 3.64. The summed E-state index contributed by atoms with van der Waals surface area (Å²) in [6.07, 6.45) is 0.345. The molecule has 1 aliphatic heterocycles. The number of halogens is 1. The molecule has 1 unspecified atom stereocenters. The molecule has 1 atom stereocenters. The van der Waals surface area contributed by atoms with Crippen LogP contribution in [0.15, 0.2) is 28.7 Å². The second kappa shape index (κ2) is 5.46. The third kappa shape index (κ3) is 3.05. The van der Waals surface area contributed by atoms with Crippen molar-refractivity contribution in [2.45, 2.75) is 19.1 Å². The predicted octanol–water partition coefficient (Wildman–Crippen LogP) is 2.08. The summed E-state index contributed by atoms with van der Waals surface area (Å²) in [6, 6.07) is 7.13. The fourth-order valence-electron chi connectivity index (χ4n) is 2.23. The molecule has 1 aromatic rings. The van der Waals surface area contributed by atoms with Crippen molar-refractivity contribution in [2.24, 2.45) is 5.41 Å². The van der Waals surface area contributed by atoms with E-state index in [2.05, 4.69) is 15.9 Å². The molecule has 0 radical (unpaired) electrons. The number of benzene rings is 1. The Balaban J connectivity index is 2.17. The van der Waals surface area contributed by atoms with Gasteiger partial charge in [-0.25, -0.2) is 12.7 Å². The Morgan fingerprint density at radius 3 is 2.65 bits per heavy atom. The zero-order valence-corrected chi connectivity index (χ0v) is 13.4. The molecule has 0 aromatic heterocycles. The van der Waals surface area contributed by atoms with E-state index in [0.29, 0.717) is 12.0 Å². The average molecular weight is 362 g/mol. The van der Waals surface area contributed by atoms with Gasteiger partial charge >= 0.3 is 5.97 Å². The molecule has 1 aliphatic rings. The summed E-state index contributed by atoms with van der Waals surface area (Å²) in [5, 5.41) is 9.16. The van der Waals surface area contributed by atoms with Crippen LogP contribution in [0.2, 0.25) is 0 Å². The third-order valence-corrected chi connectivity index (χ3v) is 6.19. The number of nitrogens with zero attached hydrogens (tertiary/aromatic N) is 1. The SMILES string of the molecule is CC1(C(=O)O)CCN(S(=O)(=O)Cc2ccccc2Br)C1. The number of rotatable bonds is 4. The zero-order chi connectivity index (χ0) is 15.0. The highest BCUT2D eigenvalue weighted by Crippen LogP contribution is 2.33. The fourth-order valence-corrected chi connectivity index (χ4v) is 4.52. The van der Waals surface area contributed by atoms with Gasteiger partial charge < -0.3 is 5.11 Å². The molecule has 7 heteroatoms. The van der Waals surface area contributed by atoms with E-state index >= 15 is 0 Å². The maximum atomic E-state index is 12.4. The first-order chi connectivity index (χ1) is 9.24. The van der Waals surface area contributed by atoms with Gasteiger partial charge in [0.1, 0.15) is 0 Å². The first-order valence-corrected chi connectivity index (χ1v) is 8.59. The van der Waals surface area contributed by atoms with Crippen LogP contribution >= 0.6 is 15.9 Å². The van der Waals surface area contributed by atoms with Crippen LogP contribution in [0, 0.1) is 5.41 Å². The van der Waals surface area contributed by atoms with Crippen LogP contribution < -0.4 is 0 Å². The first kappa shape index (κ1) is 15.5. The molecule has 1 saturated heterocycles. The second-order valence-electron chi connectivity index (χ2n) is 5.30. The molecule has 20 heavy (non-hydrogen) atoms. The van der Waals surface area contributed by atoms with Crippen LogP contribution in [-0.4, -0.2) is 36.9 Å². The first-order valence-electron chi connectivity index (χ1n) is 6.19. The quantitative estimate of drug-likeness (QED) is 0.890. The molecular formula is C13H16BrNO4S. The van der Waals surface area contributed by atoms with Gasteiger partial charge in [0.15, 0.2) is 0 Å². The van der Waals surface area contributed by atoms with E-state index < -0.39 is 21.4 Å². The minimum absolute atomic E-state index is 0.0368. The second-order valence-corrected chi connectivity index (χ2v) is 8.12. The lowest BCUT2D eigenvalue weighted by Crippen LogP contribution is -2.35. The van der Waals surface area contributed by atoms with Gasteiger partial charge in [-0.2, -0.15) is 0 Å². The minimum Gasteiger partial charge on any atom is -0.481 e. The summed E-state index contributed by atoms with van der Waals surface area (Å²) >= 11 is 3.33. The van der Waals surface area contributed by atoms with Crippen LogP contribution in [-0.2, 0) is 20.6 Å². The molecular weight excluding hydrogens is 346 g/mol. The highest BCUT2D eigenvalue weighted by atomic mass is 79.9. The van der Waals surface area contributed by atoms with E-state index in [4.69, 9.17) is 5.11 Å². The van der Waals surface area contributed by atoms with Crippen LogP contribution in [0.4, 0.5) is 0 Å². The van der Waals surface area contributed by atoms with Crippen LogP contribution in [0.1, 0.15) is 18.9 Å². The fraction of sp³-hybridized carbons (Fsp3) is 0.462. The highest BCUT2D eigenvalue weighted by Gasteiger charge is 2.44. The summed E-state index contributed by atoms with van der Waals surface area (Å²) < 4.78 is 26.8. The normalized spacial score (nSPS) is 23.9. The van der Waals surface area contributed by atoms with Crippen molar-refractivity contribution < 1.29 is 18.3 Å². The van der Waals surface area contributed by atoms with Crippen molar-refractivity contribution in [3.63, 3.8) is 0 Å². The van der Waals surface area contributed by atoms with Crippen molar-refractivity contribution in [1.29, 1.82) is 0 Å². The maximum absolute atomic E-state index is 12.4. The van der Waals surface area contributed by atoms with Crippen LogP contribution in [0.5, 0.6) is 0 Å². The van der Waals surface area contributed by atoms with Gasteiger partial charge in [-0.1, -0.05) is 34.1 Å². The smallest absolute Gasteiger partial charge is 0.310 e. The Hall–Kier alpha value is -0.920. The van der Waals surface area contributed by atoms with Crippen molar-refractivity contribution in [2.75, 3.05) is 13.1 Å². The Labute approximate surface area is 126 Å². The minimum atomic E-state index is -3.50. The van der Waals surface area contributed by atoms with Crippen LogP contribution in [0.3, 0.4) is 0 Å². The number of carboxylic acid groups (broad SMARTS) is 1. The summed E-state index contributed by atoms with van der Waals surface area (Å²) in [4.78, 5) is 11.2. The van der Waals surface area contributed by atoms with Crippen molar-refractivity contribution >= 4 is 31.9 Å². The zero-order valence-electron chi connectivity index (χ0n) is 11.0. The number of aliphatic carboxylic acids is 1. The van der Waals surface area contributed by atoms with Crippen molar-refractivity contribution in [3.05, 3.63) is 34.3 Å². The van der Waals surface area contributed by atoms with E-state index in [0.717, 1.165) is 4.47 Å². The van der Waals surface area contributed by atoms with Gasteiger partial charge in [0.25, 0.3) is 0 Å². The van der Waals surface area contributed by atoms with Gasteiger partial charge in [-0.3, -0.25) is 4.79 Å². The molecule has 0 aliphatic carbocycles. The van der Waals surface area contributed by atoms with E-state index in [1.807, 2.05) is 6.07 Å². The number of hydrogen-bond donors (Lipinski definition) is 1. The number of sulfonamides is 1. The summed E-state index contributed by atoms with van der Waals surface area (Å²) in [7, 11) is -3.50. The highest BCUT2D eigenvalue weighted by molar-refractivity contribution is 9.10. The predicted molar refractivity (Wildman–Crippen MR) is 78.7 cm³/mol. The largest absolute Gasteiger partial charge is 0.481 e. The Bertz CT molecular complexity index is 631. The van der Waals surface area contributed by atoms with Gasteiger partial charge in [-0.15, -0.1) is 0 Å². The summed E-state index contributed by atoms with van der Waals surface area (Å²) in [5.41, 5.74) is -0.308. The van der Waals surface area contributed by atoms with Crippen molar-refractivity contribution in [3.8, 4) is 0 Å². The molecule has 1 aromatic carbocycles. The standard InChI is InChI=1S/C13H16BrNO4S/c1-13(12(16)17)6-7-15(9-13)20(18,19)8-10-4-2-3-5-11(10)14/h2-5H,6-9H2,1H3,(H,16,17). The number of carbonyl (C=O) groups is 1.